The molecule has 2 aliphatic heterocycles. The van der Waals surface area contributed by atoms with Crippen LogP contribution in [0.1, 0.15) is 25.5 Å². The highest BCUT2D eigenvalue weighted by Crippen LogP contribution is 2.54. The Hall–Kier alpha value is -0.800. The molecule has 1 aromatic rings. The van der Waals surface area contributed by atoms with Gasteiger partial charge in [-0.15, -0.1) is 0 Å². The highest BCUT2D eigenvalue weighted by Gasteiger charge is 2.67. The van der Waals surface area contributed by atoms with Crippen molar-refractivity contribution in [2.45, 2.75) is 29.9 Å². The molecule has 0 aliphatic carbocycles. The molecule has 2 amide bonds. The number of esters is 1. The van der Waals surface area contributed by atoms with Gasteiger partial charge in [-0.2, -0.15) is 0 Å². The van der Waals surface area contributed by atoms with Gasteiger partial charge in [0.2, 0.25) is 10.0 Å². The summed E-state index contributed by atoms with van der Waals surface area (Å²) in [5.41, 5.74) is -0.640. The average molecular weight is 513 g/mol. The van der Waals surface area contributed by atoms with Gasteiger partial charge >= 0.3 is 12.0 Å². The van der Waals surface area contributed by atoms with Crippen molar-refractivity contribution in [3.05, 3.63) is 26.6 Å². The first kappa shape index (κ1) is 17.0. The molecule has 0 aromatic heterocycles. The molecule has 3 atom stereocenters. The lowest BCUT2D eigenvalue weighted by Crippen LogP contribution is -2.77. The van der Waals surface area contributed by atoms with E-state index in [1.165, 1.54) is 0 Å². The first-order chi connectivity index (χ1) is 10.7. The molecule has 124 valence electrons. The van der Waals surface area contributed by atoms with Crippen LogP contribution in [0.3, 0.4) is 0 Å². The lowest BCUT2D eigenvalue weighted by atomic mass is 9.80. The summed E-state index contributed by atoms with van der Waals surface area (Å²) < 4.78 is 11.5. The van der Waals surface area contributed by atoms with E-state index in [0.717, 1.165) is 8.95 Å². The second-order valence-corrected chi connectivity index (χ2v) is 8.43. The van der Waals surface area contributed by atoms with Gasteiger partial charge in [0.25, 0.3) is 0 Å². The van der Waals surface area contributed by atoms with E-state index in [4.69, 9.17) is 9.47 Å². The van der Waals surface area contributed by atoms with E-state index in [1.54, 1.807) is 13.8 Å². The molecule has 1 saturated heterocycles. The van der Waals surface area contributed by atoms with Crippen molar-refractivity contribution in [3.8, 4) is 5.75 Å². The third-order valence-corrected chi connectivity index (χ3v) is 6.53. The predicted octanol–water partition coefficient (Wildman–Crippen LogP) is 3.37. The van der Waals surface area contributed by atoms with E-state index >= 15 is 0 Å². The molecule has 9 heteroatoms. The van der Waals surface area contributed by atoms with E-state index in [0.29, 0.717) is 11.3 Å². The highest BCUT2D eigenvalue weighted by atomic mass is 79.9. The molecule has 2 N–H and O–H groups in total. The quantitative estimate of drug-likeness (QED) is 0.470. The van der Waals surface area contributed by atoms with Crippen LogP contribution in [0.25, 0.3) is 0 Å². The van der Waals surface area contributed by atoms with E-state index in [1.807, 2.05) is 12.1 Å². The molecule has 2 aliphatic rings. The largest absolute Gasteiger partial charge is 0.465 e. The van der Waals surface area contributed by atoms with Gasteiger partial charge in [0.1, 0.15) is 5.75 Å². The molecule has 2 heterocycles. The van der Waals surface area contributed by atoms with E-state index in [9.17, 15) is 9.59 Å². The Kier molecular flexibility index (Phi) is 4.17. The fourth-order valence-corrected chi connectivity index (χ4v) is 4.89. The van der Waals surface area contributed by atoms with E-state index in [2.05, 4.69) is 58.4 Å². The van der Waals surface area contributed by atoms with Crippen LogP contribution in [0, 0.1) is 0 Å². The number of rotatable bonds is 2. The summed E-state index contributed by atoms with van der Waals surface area (Å²) in [6, 6.07) is 2.58. The summed E-state index contributed by atoms with van der Waals surface area (Å²) in [6.07, 6.45) is 0. The molecule has 0 saturated carbocycles. The molecule has 0 unspecified atom stereocenters. The molecule has 1 aromatic carbocycles. The van der Waals surface area contributed by atoms with Gasteiger partial charge < -0.3 is 14.8 Å². The third-order valence-electron chi connectivity index (χ3n) is 3.95. The van der Waals surface area contributed by atoms with Crippen molar-refractivity contribution in [2.75, 3.05) is 6.61 Å². The van der Waals surface area contributed by atoms with E-state index < -0.39 is 28.1 Å². The number of urea groups is 1. The molecule has 2 bridgehead atoms. The fourth-order valence-electron chi connectivity index (χ4n) is 2.90. The molecule has 0 radical (unpaired) electrons. The van der Waals surface area contributed by atoms with Crippen LogP contribution in [0.4, 0.5) is 4.79 Å². The molecule has 23 heavy (non-hydrogen) atoms. The summed E-state index contributed by atoms with van der Waals surface area (Å²) in [5, 5.41) is 5.48. The summed E-state index contributed by atoms with van der Waals surface area (Å²) in [6.45, 7) is 3.59. The Bertz CT molecular complexity index is 714. The molecular weight excluding hydrogens is 500 g/mol. The van der Waals surface area contributed by atoms with Gasteiger partial charge in [0.05, 0.1) is 17.1 Å². The summed E-state index contributed by atoms with van der Waals surface area (Å²) in [5.74, 6) is 0.0503. The second kappa shape index (κ2) is 5.63. The first-order valence-electron chi connectivity index (χ1n) is 6.85. The number of ether oxygens (including phenoxy) is 2. The lowest BCUT2D eigenvalue weighted by Gasteiger charge is -2.54. The number of fused-ring (bicyclic) bond motifs is 4. The fraction of sp³-hybridized carbons (Fsp3) is 0.429. The molecular formula is C14H13Br3N2O4. The number of carbonyl (C=O) groups is 2. The topological polar surface area (TPSA) is 76.7 Å². The maximum atomic E-state index is 12.7. The minimum absolute atomic E-state index is 0.220. The SMILES string of the molecule is CCOC(=O)[C@@]1(Br)[C@H]2NC(=O)N[C@]1(C)Oc1c(Br)cc(Br)cc12. The maximum absolute atomic E-state index is 12.7. The standard InChI is InChI=1S/C14H13Br3N2O4/c1-3-22-11(20)14(17)10-7-4-6(15)5-8(16)9(7)23-13(14,2)19-12(21)18-10/h4-5,10H,3H2,1-2H3,(H2,18,19,21)/t10-,13+,14-/m0/s1. The van der Waals surface area contributed by atoms with Gasteiger partial charge in [0, 0.05) is 10.0 Å². The summed E-state index contributed by atoms with van der Waals surface area (Å²) in [7, 11) is 0. The van der Waals surface area contributed by atoms with Crippen LogP contribution in [0.2, 0.25) is 0 Å². The summed E-state index contributed by atoms with van der Waals surface area (Å²) in [4.78, 5) is 24.7. The van der Waals surface area contributed by atoms with Gasteiger partial charge in [-0.1, -0.05) is 31.9 Å². The number of hydrogen-bond acceptors (Lipinski definition) is 4. The highest BCUT2D eigenvalue weighted by molar-refractivity contribution is 9.11. The predicted molar refractivity (Wildman–Crippen MR) is 93.6 cm³/mol. The van der Waals surface area contributed by atoms with Crippen molar-refractivity contribution in [1.29, 1.82) is 0 Å². The average Bonchev–Trinajstić information content (AvgIpc) is 2.44. The van der Waals surface area contributed by atoms with Crippen LogP contribution in [-0.2, 0) is 9.53 Å². The monoisotopic (exact) mass is 510 g/mol. The van der Waals surface area contributed by atoms with Gasteiger partial charge in [-0.25, -0.2) is 4.79 Å². The molecule has 0 spiro atoms. The molecule has 3 rings (SSSR count). The number of halogens is 3. The van der Waals surface area contributed by atoms with Crippen LogP contribution in [0.5, 0.6) is 5.75 Å². The zero-order chi connectivity index (χ0) is 17.0. The summed E-state index contributed by atoms with van der Waals surface area (Å²) >= 11 is 10.4. The Labute approximate surface area is 158 Å². The number of hydrogen-bond donors (Lipinski definition) is 2. The van der Waals surface area contributed by atoms with Crippen molar-refractivity contribution < 1.29 is 19.1 Å². The van der Waals surface area contributed by atoms with Crippen LogP contribution in [0.15, 0.2) is 21.1 Å². The smallest absolute Gasteiger partial charge is 0.331 e. The Morgan fingerprint density at radius 1 is 1.43 bits per heavy atom. The van der Waals surface area contributed by atoms with Crippen molar-refractivity contribution in [1.82, 2.24) is 10.6 Å². The zero-order valence-corrected chi connectivity index (χ0v) is 17.0. The Morgan fingerprint density at radius 3 is 2.78 bits per heavy atom. The molecule has 1 fully saturated rings. The zero-order valence-electron chi connectivity index (χ0n) is 12.2. The van der Waals surface area contributed by atoms with Gasteiger partial charge in [0.15, 0.2) is 0 Å². The Balaban J connectivity index is 2.24. The normalized spacial score (nSPS) is 31.3. The molecule has 6 nitrogen and oxygen atoms in total. The number of nitrogens with one attached hydrogen (secondary N) is 2. The number of benzene rings is 1. The van der Waals surface area contributed by atoms with Crippen LogP contribution in [-0.4, -0.2) is 28.7 Å². The number of amides is 2. The third kappa shape index (κ3) is 2.39. The first-order valence-corrected chi connectivity index (χ1v) is 9.23. The van der Waals surface area contributed by atoms with Crippen LogP contribution < -0.4 is 15.4 Å². The van der Waals surface area contributed by atoms with Gasteiger partial charge in [-0.3, -0.25) is 10.1 Å². The van der Waals surface area contributed by atoms with E-state index in [-0.39, 0.29) is 6.61 Å². The Morgan fingerprint density at radius 2 is 2.13 bits per heavy atom. The van der Waals surface area contributed by atoms with Crippen LogP contribution >= 0.6 is 47.8 Å². The minimum Gasteiger partial charge on any atom is -0.465 e. The van der Waals surface area contributed by atoms with Crippen molar-refractivity contribution >= 4 is 59.8 Å². The van der Waals surface area contributed by atoms with Crippen molar-refractivity contribution in [2.24, 2.45) is 0 Å². The number of alkyl halides is 1. The van der Waals surface area contributed by atoms with Crippen molar-refractivity contribution in [3.63, 3.8) is 0 Å². The maximum Gasteiger partial charge on any atom is 0.331 e. The second-order valence-electron chi connectivity index (χ2n) is 5.40. The number of carbonyl (C=O) groups excluding carboxylic acids is 2. The minimum atomic E-state index is -1.31. The van der Waals surface area contributed by atoms with Gasteiger partial charge in [-0.05, 0) is 41.9 Å². The lowest BCUT2D eigenvalue weighted by molar-refractivity contribution is -0.157.